The maximum atomic E-state index is 12.4. The van der Waals surface area contributed by atoms with E-state index >= 15 is 0 Å². The average molecular weight is 475 g/mol. The summed E-state index contributed by atoms with van der Waals surface area (Å²) in [6.45, 7) is 2.42. The zero-order valence-corrected chi connectivity index (χ0v) is 19.0. The van der Waals surface area contributed by atoms with Gasteiger partial charge in [-0.1, -0.05) is 35.3 Å². The Hall–Kier alpha value is -2.67. The number of carbonyl (C=O) groups is 2. The fourth-order valence-electron chi connectivity index (χ4n) is 2.69. The Balaban J connectivity index is 1.53. The van der Waals surface area contributed by atoms with Crippen molar-refractivity contribution in [3.63, 3.8) is 0 Å². The summed E-state index contributed by atoms with van der Waals surface area (Å²) in [5, 5.41) is 6.41. The molecule has 160 valence electrons. The van der Waals surface area contributed by atoms with Crippen LogP contribution >= 0.6 is 35.0 Å². The average Bonchev–Trinajstić information content (AvgIpc) is 2.75. The van der Waals surface area contributed by atoms with E-state index in [1.807, 2.05) is 37.3 Å². The smallest absolute Gasteiger partial charge is 0.257 e. The van der Waals surface area contributed by atoms with E-state index in [0.717, 1.165) is 4.90 Å². The van der Waals surface area contributed by atoms with E-state index in [-0.39, 0.29) is 22.6 Å². The monoisotopic (exact) mass is 474 g/mol. The third-order valence-electron chi connectivity index (χ3n) is 4.12. The van der Waals surface area contributed by atoms with Crippen molar-refractivity contribution in [3.05, 3.63) is 82.3 Å². The van der Waals surface area contributed by atoms with Gasteiger partial charge in [0.1, 0.15) is 5.75 Å². The van der Waals surface area contributed by atoms with Gasteiger partial charge >= 0.3 is 0 Å². The molecule has 31 heavy (non-hydrogen) atoms. The van der Waals surface area contributed by atoms with Gasteiger partial charge in [-0.15, -0.1) is 11.8 Å². The predicted octanol–water partition coefficient (Wildman–Crippen LogP) is 6.38. The number of thioether (sulfide) groups is 1. The molecule has 0 aromatic heterocycles. The summed E-state index contributed by atoms with van der Waals surface area (Å²) in [7, 11) is 0. The number of hydrogen-bond acceptors (Lipinski definition) is 4. The summed E-state index contributed by atoms with van der Waals surface area (Å²) < 4.78 is 5.52. The second-order valence-electron chi connectivity index (χ2n) is 6.37. The third-order valence-corrected chi connectivity index (χ3v) is 5.68. The molecule has 2 N–H and O–H groups in total. The van der Waals surface area contributed by atoms with Crippen LogP contribution in [0.15, 0.2) is 71.6 Å². The van der Waals surface area contributed by atoms with Crippen LogP contribution in [0.4, 0.5) is 11.4 Å². The van der Waals surface area contributed by atoms with E-state index in [0.29, 0.717) is 34.3 Å². The first-order valence-electron chi connectivity index (χ1n) is 9.47. The number of carbonyl (C=O) groups excluding carboxylic acids is 2. The standard InChI is InChI=1S/C23H20Cl2N2O3S/c1-2-30-21-6-4-3-5-20(21)27-22(28)14-31-17-10-8-16(9-11-17)26-23(29)18-12-7-15(24)13-19(18)25/h3-13H,2,14H2,1H3,(H,26,29)(H,27,28). The molecule has 0 aliphatic carbocycles. The van der Waals surface area contributed by atoms with Crippen LogP contribution < -0.4 is 15.4 Å². The second-order valence-corrected chi connectivity index (χ2v) is 8.26. The molecule has 2 amide bonds. The molecule has 0 radical (unpaired) electrons. The van der Waals surface area contributed by atoms with E-state index < -0.39 is 0 Å². The van der Waals surface area contributed by atoms with Crippen LogP contribution in [0.1, 0.15) is 17.3 Å². The number of nitrogens with one attached hydrogen (secondary N) is 2. The molecular weight excluding hydrogens is 455 g/mol. The number of hydrogen-bond donors (Lipinski definition) is 2. The van der Waals surface area contributed by atoms with Gasteiger partial charge in [0.15, 0.2) is 0 Å². The number of para-hydroxylation sites is 2. The van der Waals surface area contributed by atoms with Crippen molar-refractivity contribution in [3.8, 4) is 5.75 Å². The lowest BCUT2D eigenvalue weighted by molar-refractivity contribution is -0.113. The maximum Gasteiger partial charge on any atom is 0.257 e. The van der Waals surface area contributed by atoms with E-state index in [9.17, 15) is 9.59 Å². The number of halogens is 2. The molecule has 0 spiro atoms. The van der Waals surface area contributed by atoms with Crippen molar-refractivity contribution in [2.24, 2.45) is 0 Å². The molecule has 0 saturated carbocycles. The van der Waals surface area contributed by atoms with Gasteiger partial charge in [0.25, 0.3) is 5.91 Å². The minimum Gasteiger partial charge on any atom is -0.492 e. The highest BCUT2D eigenvalue weighted by molar-refractivity contribution is 8.00. The Labute approximate surface area is 195 Å². The summed E-state index contributed by atoms with van der Waals surface area (Å²) in [4.78, 5) is 25.6. The molecule has 0 atom stereocenters. The summed E-state index contributed by atoms with van der Waals surface area (Å²) in [6.07, 6.45) is 0. The van der Waals surface area contributed by atoms with Crippen LogP contribution in [0, 0.1) is 0 Å². The molecule has 0 aliphatic rings. The van der Waals surface area contributed by atoms with Crippen LogP contribution in [-0.4, -0.2) is 24.2 Å². The van der Waals surface area contributed by atoms with Crippen molar-refractivity contribution in [1.29, 1.82) is 0 Å². The lowest BCUT2D eigenvalue weighted by Gasteiger charge is -2.11. The van der Waals surface area contributed by atoms with Gasteiger partial charge in [0.05, 0.1) is 28.6 Å². The Morgan fingerprint density at radius 3 is 2.42 bits per heavy atom. The number of ether oxygens (including phenoxy) is 1. The maximum absolute atomic E-state index is 12.4. The van der Waals surface area contributed by atoms with Crippen LogP contribution in [0.5, 0.6) is 5.75 Å². The molecule has 0 heterocycles. The molecule has 0 saturated heterocycles. The van der Waals surface area contributed by atoms with Crippen LogP contribution in [0.25, 0.3) is 0 Å². The molecule has 0 unspecified atom stereocenters. The fourth-order valence-corrected chi connectivity index (χ4v) is 3.89. The molecule has 3 aromatic carbocycles. The Morgan fingerprint density at radius 1 is 0.968 bits per heavy atom. The zero-order valence-electron chi connectivity index (χ0n) is 16.7. The van der Waals surface area contributed by atoms with Gasteiger partial charge < -0.3 is 15.4 Å². The molecule has 0 bridgehead atoms. The Morgan fingerprint density at radius 2 is 1.71 bits per heavy atom. The van der Waals surface area contributed by atoms with Crippen LogP contribution in [0.2, 0.25) is 10.0 Å². The molecule has 0 fully saturated rings. The summed E-state index contributed by atoms with van der Waals surface area (Å²) in [5.74, 6) is 0.428. The number of rotatable bonds is 8. The quantitative estimate of drug-likeness (QED) is 0.371. The highest BCUT2D eigenvalue weighted by Crippen LogP contribution is 2.26. The number of benzene rings is 3. The van der Waals surface area contributed by atoms with Crippen molar-refractivity contribution < 1.29 is 14.3 Å². The topological polar surface area (TPSA) is 67.4 Å². The molecule has 5 nitrogen and oxygen atoms in total. The van der Waals surface area contributed by atoms with Gasteiger partial charge in [-0.25, -0.2) is 0 Å². The largest absolute Gasteiger partial charge is 0.492 e. The lowest BCUT2D eigenvalue weighted by Crippen LogP contribution is -2.15. The number of anilines is 2. The summed E-state index contributed by atoms with van der Waals surface area (Å²) in [5.41, 5.74) is 1.61. The lowest BCUT2D eigenvalue weighted by atomic mass is 10.2. The minimum atomic E-state index is -0.325. The molecular formula is C23H20Cl2N2O3S. The first kappa shape index (κ1) is 23.0. The Kier molecular flexibility index (Phi) is 8.23. The summed E-state index contributed by atoms with van der Waals surface area (Å²) in [6, 6.07) is 19.2. The highest BCUT2D eigenvalue weighted by Gasteiger charge is 2.12. The van der Waals surface area contributed by atoms with E-state index in [1.165, 1.54) is 17.8 Å². The second kappa shape index (κ2) is 11.1. The predicted molar refractivity (Wildman–Crippen MR) is 128 cm³/mol. The first-order valence-corrected chi connectivity index (χ1v) is 11.2. The normalized spacial score (nSPS) is 10.4. The molecule has 3 aromatic rings. The van der Waals surface area contributed by atoms with E-state index in [1.54, 1.807) is 30.3 Å². The minimum absolute atomic E-state index is 0.132. The van der Waals surface area contributed by atoms with Crippen LogP contribution in [0.3, 0.4) is 0 Å². The van der Waals surface area contributed by atoms with Gasteiger partial charge in [-0.3, -0.25) is 9.59 Å². The van der Waals surface area contributed by atoms with Crippen LogP contribution in [-0.2, 0) is 4.79 Å². The third kappa shape index (κ3) is 6.66. The van der Waals surface area contributed by atoms with Crippen molar-refractivity contribution >= 4 is 58.2 Å². The first-order chi connectivity index (χ1) is 15.0. The zero-order chi connectivity index (χ0) is 22.2. The van der Waals surface area contributed by atoms with Crippen molar-refractivity contribution in [1.82, 2.24) is 0 Å². The fraction of sp³-hybridized carbons (Fsp3) is 0.130. The van der Waals surface area contributed by atoms with Gasteiger partial charge in [-0.2, -0.15) is 0 Å². The van der Waals surface area contributed by atoms with Gasteiger partial charge in [0.2, 0.25) is 5.91 Å². The highest BCUT2D eigenvalue weighted by atomic mass is 35.5. The SMILES string of the molecule is CCOc1ccccc1NC(=O)CSc1ccc(NC(=O)c2ccc(Cl)cc2Cl)cc1. The molecule has 3 rings (SSSR count). The molecule has 0 aliphatic heterocycles. The van der Waals surface area contributed by atoms with Crippen molar-refractivity contribution in [2.45, 2.75) is 11.8 Å². The van der Waals surface area contributed by atoms with E-state index in [2.05, 4.69) is 10.6 Å². The molecule has 8 heteroatoms. The Bertz CT molecular complexity index is 1070. The van der Waals surface area contributed by atoms with Gasteiger partial charge in [0, 0.05) is 15.6 Å². The van der Waals surface area contributed by atoms with Gasteiger partial charge in [-0.05, 0) is 61.5 Å². The number of amides is 2. The van der Waals surface area contributed by atoms with E-state index in [4.69, 9.17) is 27.9 Å². The van der Waals surface area contributed by atoms with Crippen molar-refractivity contribution in [2.75, 3.05) is 23.0 Å². The summed E-state index contributed by atoms with van der Waals surface area (Å²) >= 11 is 13.3.